The highest BCUT2D eigenvalue weighted by molar-refractivity contribution is 5.82. The molecule has 0 fully saturated rings. The Kier molecular flexibility index (Phi) is 4.43. The third-order valence-corrected chi connectivity index (χ3v) is 3.63. The second kappa shape index (κ2) is 6.10. The fourth-order valence-electron chi connectivity index (χ4n) is 2.34. The molecule has 1 aromatic heterocycles. The first kappa shape index (κ1) is 15.3. The fourth-order valence-corrected chi connectivity index (χ4v) is 2.34. The van der Waals surface area contributed by atoms with E-state index in [1.165, 1.54) is 11.1 Å². The molecular weight excluding hydrogens is 264 g/mol. The van der Waals surface area contributed by atoms with Gasteiger partial charge in [-0.3, -0.25) is 9.48 Å². The smallest absolute Gasteiger partial charge is 0.244 e. The number of hydrogen-bond acceptors (Lipinski definition) is 3. The maximum absolute atomic E-state index is 12.4. The van der Waals surface area contributed by atoms with Gasteiger partial charge in [0.05, 0.1) is 6.20 Å². The third-order valence-electron chi connectivity index (χ3n) is 3.63. The van der Waals surface area contributed by atoms with Crippen molar-refractivity contribution in [3.63, 3.8) is 0 Å². The maximum Gasteiger partial charge on any atom is 0.244 e. The molecule has 1 amide bonds. The number of aromatic nitrogens is 2. The SMILES string of the molecule is Cc1ccc(CN(C)C(=O)C(N)c2cnn(C)c2)c(C)c1. The van der Waals surface area contributed by atoms with Gasteiger partial charge in [0.2, 0.25) is 5.91 Å². The highest BCUT2D eigenvalue weighted by Gasteiger charge is 2.21. The van der Waals surface area contributed by atoms with Crippen LogP contribution in [0.4, 0.5) is 0 Å². The van der Waals surface area contributed by atoms with Crippen LogP contribution in [0.15, 0.2) is 30.6 Å². The lowest BCUT2D eigenvalue weighted by atomic mass is 10.0. The Morgan fingerprint density at radius 1 is 1.43 bits per heavy atom. The normalized spacial score (nSPS) is 12.2. The van der Waals surface area contributed by atoms with Gasteiger partial charge in [0.15, 0.2) is 0 Å². The summed E-state index contributed by atoms with van der Waals surface area (Å²) in [6, 6.07) is 5.56. The summed E-state index contributed by atoms with van der Waals surface area (Å²) in [5.74, 6) is -0.108. The van der Waals surface area contributed by atoms with Crippen molar-refractivity contribution in [2.24, 2.45) is 12.8 Å². The van der Waals surface area contributed by atoms with Crippen molar-refractivity contribution in [2.45, 2.75) is 26.4 Å². The van der Waals surface area contributed by atoms with Crippen LogP contribution in [-0.2, 0) is 18.4 Å². The van der Waals surface area contributed by atoms with E-state index in [4.69, 9.17) is 5.73 Å². The van der Waals surface area contributed by atoms with Crippen LogP contribution in [-0.4, -0.2) is 27.6 Å². The maximum atomic E-state index is 12.4. The van der Waals surface area contributed by atoms with Gasteiger partial charge >= 0.3 is 0 Å². The van der Waals surface area contributed by atoms with Crippen LogP contribution in [0.5, 0.6) is 0 Å². The first-order chi connectivity index (χ1) is 9.88. The van der Waals surface area contributed by atoms with Crippen molar-refractivity contribution in [1.29, 1.82) is 0 Å². The van der Waals surface area contributed by atoms with Crippen molar-refractivity contribution < 1.29 is 4.79 Å². The summed E-state index contributed by atoms with van der Waals surface area (Å²) in [5, 5.41) is 4.05. The molecule has 0 spiro atoms. The molecule has 5 heteroatoms. The van der Waals surface area contributed by atoms with Gasteiger partial charge in [-0.1, -0.05) is 23.8 Å². The Balaban J connectivity index is 2.08. The molecule has 5 nitrogen and oxygen atoms in total. The minimum atomic E-state index is -0.672. The minimum Gasteiger partial charge on any atom is -0.340 e. The molecule has 21 heavy (non-hydrogen) atoms. The van der Waals surface area contributed by atoms with Crippen LogP contribution in [0, 0.1) is 13.8 Å². The number of hydrogen-bond donors (Lipinski definition) is 1. The molecule has 1 atom stereocenters. The molecule has 0 saturated heterocycles. The summed E-state index contributed by atoms with van der Waals surface area (Å²) in [7, 11) is 3.58. The van der Waals surface area contributed by atoms with Crippen molar-refractivity contribution in [1.82, 2.24) is 14.7 Å². The lowest BCUT2D eigenvalue weighted by Crippen LogP contribution is -2.35. The number of likely N-dealkylation sites (N-methyl/N-ethyl adjacent to an activating group) is 1. The van der Waals surface area contributed by atoms with E-state index in [1.54, 1.807) is 36.1 Å². The van der Waals surface area contributed by atoms with Crippen LogP contribution in [0.25, 0.3) is 0 Å². The fraction of sp³-hybridized carbons (Fsp3) is 0.375. The number of amides is 1. The van der Waals surface area contributed by atoms with Gasteiger partial charge in [0.25, 0.3) is 0 Å². The van der Waals surface area contributed by atoms with E-state index in [-0.39, 0.29) is 5.91 Å². The number of rotatable bonds is 4. The van der Waals surface area contributed by atoms with Crippen LogP contribution in [0.2, 0.25) is 0 Å². The molecule has 0 aliphatic rings. The predicted octanol–water partition coefficient (Wildman–Crippen LogP) is 1.70. The van der Waals surface area contributed by atoms with Gasteiger partial charge in [-0.25, -0.2) is 0 Å². The molecule has 0 radical (unpaired) electrons. The summed E-state index contributed by atoms with van der Waals surface area (Å²) < 4.78 is 1.65. The Morgan fingerprint density at radius 2 is 2.14 bits per heavy atom. The summed E-state index contributed by atoms with van der Waals surface area (Å²) in [6.07, 6.45) is 3.40. The number of nitrogens with two attached hydrogens (primary N) is 1. The Labute approximate surface area is 125 Å². The Hall–Kier alpha value is -2.14. The number of carbonyl (C=O) groups excluding carboxylic acids is 1. The standard InChI is InChI=1S/C16H22N4O/c1-11-5-6-13(12(2)7-11)9-19(3)16(21)15(17)14-8-18-20(4)10-14/h5-8,10,15H,9,17H2,1-4H3. The first-order valence-electron chi connectivity index (χ1n) is 6.93. The largest absolute Gasteiger partial charge is 0.340 e. The molecule has 112 valence electrons. The molecule has 1 heterocycles. The number of carbonyl (C=O) groups is 1. The molecule has 2 rings (SSSR count). The summed E-state index contributed by atoms with van der Waals surface area (Å²) >= 11 is 0. The van der Waals surface area contributed by atoms with Gasteiger partial charge < -0.3 is 10.6 Å². The molecule has 1 unspecified atom stereocenters. The van der Waals surface area contributed by atoms with Crippen LogP contribution in [0.1, 0.15) is 28.3 Å². The molecule has 1 aromatic carbocycles. The highest BCUT2D eigenvalue weighted by Crippen LogP contribution is 2.16. The topological polar surface area (TPSA) is 64.2 Å². The molecular formula is C16H22N4O. The van der Waals surface area contributed by atoms with Crippen LogP contribution in [0.3, 0.4) is 0 Å². The minimum absolute atomic E-state index is 0.108. The van der Waals surface area contributed by atoms with Crippen LogP contribution >= 0.6 is 0 Å². The number of benzene rings is 1. The zero-order valence-corrected chi connectivity index (χ0v) is 13.0. The zero-order chi connectivity index (χ0) is 15.6. The van der Waals surface area contributed by atoms with E-state index in [9.17, 15) is 4.79 Å². The highest BCUT2D eigenvalue weighted by atomic mass is 16.2. The van der Waals surface area contributed by atoms with E-state index >= 15 is 0 Å². The molecule has 0 saturated carbocycles. The van der Waals surface area contributed by atoms with Gasteiger partial charge in [-0.05, 0) is 25.0 Å². The van der Waals surface area contributed by atoms with Crippen molar-refractivity contribution in [3.05, 3.63) is 52.8 Å². The predicted molar refractivity (Wildman–Crippen MR) is 82.5 cm³/mol. The molecule has 2 aromatic rings. The van der Waals surface area contributed by atoms with Crippen molar-refractivity contribution in [2.75, 3.05) is 7.05 Å². The van der Waals surface area contributed by atoms with E-state index in [0.717, 1.165) is 11.1 Å². The van der Waals surface area contributed by atoms with Gasteiger partial charge in [0, 0.05) is 32.4 Å². The Bertz CT molecular complexity index is 647. The van der Waals surface area contributed by atoms with E-state index < -0.39 is 6.04 Å². The zero-order valence-electron chi connectivity index (χ0n) is 13.0. The van der Waals surface area contributed by atoms with Gasteiger partial charge in [0.1, 0.15) is 6.04 Å². The third kappa shape index (κ3) is 3.49. The molecule has 2 N–H and O–H groups in total. The van der Waals surface area contributed by atoms with Gasteiger partial charge in [-0.2, -0.15) is 5.10 Å². The van der Waals surface area contributed by atoms with E-state index in [0.29, 0.717) is 6.54 Å². The van der Waals surface area contributed by atoms with Crippen molar-refractivity contribution in [3.8, 4) is 0 Å². The summed E-state index contributed by atoms with van der Waals surface area (Å²) in [6.45, 7) is 4.67. The molecule has 0 bridgehead atoms. The average Bonchev–Trinajstić information content (AvgIpc) is 2.86. The average molecular weight is 286 g/mol. The van der Waals surface area contributed by atoms with E-state index in [2.05, 4.69) is 37.1 Å². The Morgan fingerprint density at radius 3 is 2.71 bits per heavy atom. The lowest BCUT2D eigenvalue weighted by molar-refractivity contribution is -0.131. The first-order valence-corrected chi connectivity index (χ1v) is 6.93. The quantitative estimate of drug-likeness (QED) is 0.930. The molecule has 0 aliphatic carbocycles. The van der Waals surface area contributed by atoms with Gasteiger partial charge in [-0.15, -0.1) is 0 Å². The van der Waals surface area contributed by atoms with E-state index in [1.807, 2.05) is 0 Å². The monoisotopic (exact) mass is 286 g/mol. The second-order valence-corrected chi connectivity index (χ2v) is 5.55. The summed E-state index contributed by atoms with van der Waals surface area (Å²) in [4.78, 5) is 14.1. The molecule has 0 aliphatic heterocycles. The lowest BCUT2D eigenvalue weighted by Gasteiger charge is -2.22. The number of aryl methyl sites for hydroxylation is 3. The second-order valence-electron chi connectivity index (χ2n) is 5.55. The number of nitrogens with zero attached hydrogens (tertiary/aromatic N) is 3. The van der Waals surface area contributed by atoms with Crippen molar-refractivity contribution >= 4 is 5.91 Å². The van der Waals surface area contributed by atoms with Crippen LogP contribution < -0.4 is 5.73 Å². The summed E-state index contributed by atoms with van der Waals surface area (Å²) in [5.41, 5.74) is 10.3.